The average Bonchev–Trinajstić information content (AvgIpc) is 3.33. The third-order valence-electron chi connectivity index (χ3n) is 5.64. The summed E-state index contributed by atoms with van der Waals surface area (Å²) in [5, 5.41) is 0.824. The van der Waals surface area contributed by atoms with E-state index in [0.29, 0.717) is 0 Å². The largest absolute Gasteiger partial charge is 0.497 e. The summed E-state index contributed by atoms with van der Waals surface area (Å²) < 4.78 is 5.26. The molecule has 3 heterocycles. The van der Waals surface area contributed by atoms with Gasteiger partial charge in [0, 0.05) is 29.1 Å². The van der Waals surface area contributed by atoms with E-state index in [9.17, 15) is 9.59 Å². The van der Waals surface area contributed by atoms with Crippen LogP contribution in [0.1, 0.15) is 34.4 Å². The van der Waals surface area contributed by atoms with Gasteiger partial charge in [-0.3, -0.25) is 19.5 Å². The lowest BCUT2D eigenvalue weighted by Crippen LogP contribution is -2.42. The zero-order valence-electron chi connectivity index (χ0n) is 17.0. The molecule has 0 bridgehead atoms. The van der Waals surface area contributed by atoms with E-state index in [1.54, 1.807) is 23.3 Å². The third-order valence-corrected chi connectivity index (χ3v) is 6.87. The van der Waals surface area contributed by atoms with Crippen LogP contribution in [-0.4, -0.2) is 55.7 Å². The van der Waals surface area contributed by atoms with Crippen molar-refractivity contribution in [2.24, 2.45) is 4.99 Å². The summed E-state index contributed by atoms with van der Waals surface area (Å²) in [5.74, 6) is 0.650. The number of carbonyl (C=O) groups excluding carboxylic acids is 2. The topological polar surface area (TPSA) is 62.2 Å². The Labute approximate surface area is 174 Å². The summed E-state index contributed by atoms with van der Waals surface area (Å²) in [6.45, 7) is 5.78. The van der Waals surface area contributed by atoms with Gasteiger partial charge in [-0.1, -0.05) is 0 Å². The van der Waals surface area contributed by atoms with Crippen molar-refractivity contribution >= 4 is 33.9 Å². The van der Waals surface area contributed by atoms with Crippen molar-refractivity contribution in [3.8, 4) is 5.75 Å². The lowest BCUT2D eigenvalue weighted by molar-refractivity contribution is -0.130. The molecule has 0 spiro atoms. The predicted molar refractivity (Wildman–Crippen MR) is 115 cm³/mol. The first-order valence-corrected chi connectivity index (χ1v) is 10.7. The maximum absolute atomic E-state index is 13.0. The van der Waals surface area contributed by atoms with Gasteiger partial charge in [-0.15, -0.1) is 11.3 Å². The standard InChI is InChI=1S/C22H25N3O3S/c1-14-15(2)29-22-20(14)21(16-6-8-17(28-3)9-7-16)23-12-18(26)25(22)13-19(27)24-10-4-5-11-24/h6-9H,4-5,10-13H2,1-3H3. The molecule has 1 aromatic heterocycles. The number of ether oxygens (including phenoxy) is 1. The molecule has 2 aliphatic rings. The van der Waals surface area contributed by atoms with Crippen LogP contribution < -0.4 is 9.64 Å². The van der Waals surface area contributed by atoms with Gasteiger partial charge in [0.2, 0.25) is 11.8 Å². The normalized spacial score (nSPS) is 16.5. The third kappa shape index (κ3) is 3.67. The van der Waals surface area contributed by atoms with Crippen LogP contribution in [0.4, 0.5) is 5.00 Å². The minimum Gasteiger partial charge on any atom is -0.497 e. The maximum atomic E-state index is 13.0. The molecule has 1 aromatic carbocycles. The van der Waals surface area contributed by atoms with Crippen molar-refractivity contribution in [3.63, 3.8) is 0 Å². The summed E-state index contributed by atoms with van der Waals surface area (Å²) in [6, 6.07) is 7.72. The molecule has 0 saturated carbocycles. The van der Waals surface area contributed by atoms with E-state index in [4.69, 9.17) is 4.74 Å². The SMILES string of the molecule is COc1ccc(C2=NCC(=O)N(CC(=O)N3CCCC3)c3sc(C)c(C)c32)cc1. The lowest BCUT2D eigenvalue weighted by Gasteiger charge is -2.23. The molecule has 0 atom stereocenters. The van der Waals surface area contributed by atoms with E-state index in [1.807, 2.05) is 36.1 Å². The summed E-state index contributed by atoms with van der Waals surface area (Å²) in [5.41, 5.74) is 3.80. The molecule has 6 nitrogen and oxygen atoms in total. The number of carbonyl (C=O) groups is 2. The van der Waals surface area contributed by atoms with E-state index in [0.717, 1.165) is 64.0 Å². The highest BCUT2D eigenvalue weighted by Gasteiger charge is 2.32. The Morgan fingerprint density at radius 3 is 2.52 bits per heavy atom. The van der Waals surface area contributed by atoms with Gasteiger partial charge in [0.05, 0.1) is 12.8 Å². The van der Waals surface area contributed by atoms with Gasteiger partial charge in [0.25, 0.3) is 0 Å². The average molecular weight is 412 g/mol. The van der Waals surface area contributed by atoms with Crippen LogP contribution in [0.5, 0.6) is 5.75 Å². The number of rotatable bonds is 4. The number of amides is 2. The second kappa shape index (κ2) is 7.99. The summed E-state index contributed by atoms with van der Waals surface area (Å²) in [4.78, 5) is 35.0. The van der Waals surface area contributed by atoms with Gasteiger partial charge in [-0.2, -0.15) is 0 Å². The highest BCUT2D eigenvalue weighted by molar-refractivity contribution is 7.17. The first kappa shape index (κ1) is 19.6. The monoisotopic (exact) mass is 411 g/mol. The number of benzene rings is 1. The molecule has 1 fully saturated rings. The van der Waals surface area contributed by atoms with Crippen LogP contribution in [0.2, 0.25) is 0 Å². The van der Waals surface area contributed by atoms with Gasteiger partial charge < -0.3 is 9.64 Å². The molecule has 4 rings (SSSR count). The molecule has 2 aliphatic heterocycles. The van der Waals surface area contributed by atoms with Gasteiger partial charge in [0.1, 0.15) is 23.8 Å². The Kier molecular flexibility index (Phi) is 5.41. The highest BCUT2D eigenvalue weighted by atomic mass is 32.1. The van der Waals surface area contributed by atoms with Crippen molar-refractivity contribution < 1.29 is 14.3 Å². The van der Waals surface area contributed by atoms with Crippen molar-refractivity contribution in [1.29, 1.82) is 0 Å². The maximum Gasteiger partial charge on any atom is 0.249 e. The molecule has 0 unspecified atom stereocenters. The summed E-state index contributed by atoms with van der Waals surface area (Å²) >= 11 is 1.56. The number of thiophene rings is 1. The molecule has 0 aliphatic carbocycles. The van der Waals surface area contributed by atoms with Gasteiger partial charge in [0.15, 0.2) is 0 Å². The van der Waals surface area contributed by atoms with Crippen LogP contribution in [0.15, 0.2) is 29.3 Å². The minimum absolute atomic E-state index is 0.0124. The number of nitrogens with zero attached hydrogens (tertiary/aromatic N) is 3. The molecule has 29 heavy (non-hydrogen) atoms. The van der Waals surface area contributed by atoms with Crippen molar-refractivity contribution in [1.82, 2.24) is 4.90 Å². The number of methoxy groups -OCH3 is 1. The predicted octanol–water partition coefficient (Wildman–Crippen LogP) is 3.18. The molecular weight excluding hydrogens is 386 g/mol. The zero-order chi connectivity index (χ0) is 20.5. The van der Waals surface area contributed by atoms with E-state index in [-0.39, 0.29) is 24.9 Å². The Hall–Kier alpha value is -2.67. The first-order valence-electron chi connectivity index (χ1n) is 9.87. The van der Waals surface area contributed by atoms with Crippen LogP contribution in [0.25, 0.3) is 0 Å². The number of likely N-dealkylation sites (tertiary alicyclic amines) is 1. The number of hydrogen-bond donors (Lipinski definition) is 0. The van der Waals surface area contributed by atoms with E-state index < -0.39 is 0 Å². The lowest BCUT2D eigenvalue weighted by atomic mass is 10.00. The molecule has 152 valence electrons. The number of aryl methyl sites for hydroxylation is 1. The van der Waals surface area contributed by atoms with E-state index in [1.165, 1.54) is 0 Å². The number of fused-ring (bicyclic) bond motifs is 1. The van der Waals surface area contributed by atoms with Crippen molar-refractivity contribution in [2.75, 3.05) is 38.2 Å². The molecule has 0 radical (unpaired) electrons. The fraction of sp³-hybridized carbons (Fsp3) is 0.409. The second-order valence-electron chi connectivity index (χ2n) is 7.42. The smallest absolute Gasteiger partial charge is 0.249 e. The Bertz CT molecular complexity index is 972. The molecule has 7 heteroatoms. The summed E-state index contributed by atoms with van der Waals surface area (Å²) in [7, 11) is 1.64. The van der Waals surface area contributed by atoms with Crippen LogP contribution in [0.3, 0.4) is 0 Å². The van der Waals surface area contributed by atoms with Gasteiger partial charge >= 0.3 is 0 Å². The van der Waals surface area contributed by atoms with Crippen molar-refractivity contribution in [3.05, 3.63) is 45.8 Å². The van der Waals surface area contributed by atoms with Crippen LogP contribution in [-0.2, 0) is 9.59 Å². The highest BCUT2D eigenvalue weighted by Crippen LogP contribution is 2.39. The molecule has 2 amide bonds. The Morgan fingerprint density at radius 1 is 1.17 bits per heavy atom. The molecule has 0 N–H and O–H groups in total. The fourth-order valence-electron chi connectivity index (χ4n) is 3.85. The molecular formula is C22H25N3O3S. The van der Waals surface area contributed by atoms with Crippen LogP contribution in [0, 0.1) is 13.8 Å². The second-order valence-corrected chi connectivity index (χ2v) is 8.63. The van der Waals surface area contributed by atoms with E-state index in [2.05, 4.69) is 11.9 Å². The number of hydrogen-bond acceptors (Lipinski definition) is 5. The number of anilines is 1. The molecule has 1 saturated heterocycles. The first-order chi connectivity index (χ1) is 14.0. The van der Waals surface area contributed by atoms with Crippen LogP contribution >= 0.6 is 11.3 Å². The minimum atomic E-state index is -0.136. The Balaban J connectivity index is 1.73. The number of aliphatic imine (C=N–C) groups is 1. The summed E-state index contributed by atoms with van der Waals surface area (Å²) in [6.07, 6.45) is 2.07. The molecule has 2 aromatic rings. The fourth-order valence-corrected chi connectivity index (χ4v) is 5.02. The van der Waals surface area contributed by atoms with E-state index >= 15 is 0 Å². The Morgan fingerprint density at radius 2 is 1.86 bits per heavy atom. The van der Waals surface area contributed by atoms with Gasteiger partial charge in [-0.05, 0) is 56.5 Å². The quantitative estimate of drug-likeness (QED) is 0.776. The zero-order valence-corrected chi connectivity index (χ0v) is 17.8. The van der Waals surface area contributed by atoms with Gasteiger partial charge in [-0.25, -0.2) is 0 Å². The van der Waals surface area contributed by atoms with Crippen molar-refractivity contribution in [2.45, 2.75) is 26.7 Å².